The highest BCUT2D eigenvalue weighted by Crippen LogP contribution is 2.25. The predicted molar refractivity (Wildman–Crippen MR) is 85.5 cm³/mol. The highest BCUT2D eigenvalue weighted by molar-refractivity contribution is 4.76. The Morgan fingerprint density at radius 3 is 2.42 bits per heavy atom. The van der Waals surface area contributed by atoms with Crippen molar-refractivity contribution in [2.75, 3.05) is 26.2 Å². The van der Waals surface area contributed by atoms with Crippen molar-refractivity contribution in [1.82, 2.24) is 10.2 Å². The SMILES string of the molecule is CC(C)CCNCC(C)N1CCCC(C(C)C)CC1. The van der Waals surface area contributed by atoms with Crippen molar-refractivity contribution in [2.45, 2.75) is 66.3 Å². The first-order chi connectivity index (χ1) is 9.00. The molecule has 19 heavy (non-hydrogen) atoms. The van der Waals surface area contributed by atoms with Gasteiger partial charge in [0.25, 0.3) is 0 Å². The number of nitrogens with zero attached hydrogens (tertiary/aromatic N) is 1. The molecule has 2 heteroatoms. The quantitative estimate of drug-likeness (QED) is 0.707. The second-order valence-corrected chi connectivity index (χ2v) is 7.21. The molecule has 1 heterocycles. The van der Waals surface area contributed by atoms with Crippen LogP contribution in [0, 0.1) is 17.8 Å². The zero-order valence-electron chi connectivity index (χ0n) is 13.9. The molecule has 2 unspecified atom stereocenters. The third kappa shape index (κ3) is 6.76. The minimum absolute atomic E-state index is 0.693. The van der Waals surface area contributed by atoms with Gasteiger partial charge >= 0.3 is 0 Å². The van der Waals surface area contributed by atoms with Crippen molar-refractivity contribution in [2.24, 2.45) is 17.8 Å². The second kappa shape index (κ2) is 8.97. The van der Waals surface area contributed by atoms with E-state index in [1.165, 1.54) is 45.3 Å². The van der Waals surface area contributed by atoms with Gasteiger partial charge < -0.3 is 5.32 Å². The zero-order chi connectivity index (χ0) is 14.3. The first-order valence-corrected chi connectivity index (χ1v) is 8.45. The first kappa shape index (κ1) is 17.0. The maximum atomic E-state index is 3.63. The fourth-order valence-corrected chi connectivity index (χ4v) is 3.08. The fraction of sp³-hybridized carbons (Fsp3) is 1.00. The molecule has 0 saturated carbocycles. The molecule has 1 saturated heterocycles. The predicted octanol–water partition coefficient (Wildman–Crippen LogP) is 3.77. The summed E-state index contributed by atoms with van der Waals surface area (Å²) in [6, 6.07) is 0.693. The molecule has 0 aromatic carbocycles. The van der Waals surface area contributed by atoms with E-state index in [9.17, 15) is 0 Å². The highest BCUT2D eigenvalue weighted by Gasteiger charge is 2.21. The van der Waals surface area contributed by atoms with Crippen LogP contribution in [0.15, 0.2) is 0 Å². The largest absolute Gasteiger partial charge is 0.315 e. The Morgan fingerprint density at radius 1 is 1.05 bits per heavy atom. The summed E-state index contributed by atoms with van der Waals surface area (Å²) in [4.78, 5) is 2.70. The molecule has 0 spiro atoms. The average molecular weight is 268 g/mol. The summed E-state index contributed by atoms with van der Waals surface area (Å²) < 4.78 is 0. The Morgan fingerprint density at radius 2 is 1.79 bits per heavy atom. The number of likely N-dealkylation sites (tertiary alicyclic amines) is 1. The Hall–Kier alpha value is -0.0800. The molecule has 0 radical (unpaired) electrons. The summed E-state index contributed by atoms with van der Waals surface area (Å²) in [5, 5.41) is 3.63. The molecular weight excluding hydrogens is 232 g/mol. The Balaban J connectivity index is 2.23. The van der Waals surface area contributed by atoms with Gasteiger partial charge in [0, 0.05) is 12.6 Å². The van der Waals surface area contributed by atoms with E-state index in [4.69, 9.17) is 0 Å². The Labute approximate surface area is 121 Å². The number of hydrogen-bond acceptors (Lipinski definition) is 2. The van der Waals surface area contributed by atoms with E-state index < -0.39 is 0 Å². The lowest BCUT2D eigenvalue weighted by molar-refractivity contribution is 0.206. The van der Waals surface area contributed by atoms with Gasteiger partial charge in [0.2, 0.25) is 0 Å². The van der Waals surface area contributed by atoms with Gasteiger partial charge in [-0.3, -0.25) is 4.90 Å². The van der Waals surface area contributed by atoms with Crippen LogP contribution in [0.3, 0.4) is 0 Å². The lowest BCUT2D eigenvalue weighted by atomic mass is 9.89. The summed E-state index contributed by atoms with van der Waals surface area (Å²) in [5.74, 6) is 2.62. The van der Waals surface area contributed by atoms with Crippen LogP contribution < -0.4 is 5.32 Å². The van der Waals surface area contributed by atoms with Crippen molar-refractivity contribution in [3.05, 3.63) is 0 Å². The Bertz CT molecular complexity index is 225. The van der Waals surface area contributed by atoms with Crippen LogP contribution in [0.4, 0.5) is 0 Å². The van der Waals surface area contributed by atoms with E-state index in [0.29, 0.717) is 6.04 Å². The van der Waals surface area contributed by atoms with Gasteiger partial charge in [-0.2, -0.15) is 0 Å². The topological polar surface area (TPSA) is 15.3 Å². The third-order valence-electron chi connectivity index (χ3n) is 4.71. The molecule has 0 amide bonds. The molecule has 2 atom stereocenters. The number of nitrogens with one attached hydrogen (secondary N) is 1. The van der Waals surface area contributed by atoms with E-state index in [2.05, 4.69) is 44.8 Å². The first-order valence-electron chi connectivity index (χ1n) is 8.45. The van der Waals surface area contributed by atoms with Crippen LogP contribution in [-0.2, 0) is 0 Å². The fourth-order valence-electron chi connectivity index (χ4n) is 3.08. The van der Waals surface area contributed by atoms with Crippen molar-refractivity contribution in [3.63, 3.8) is 0 Å². The molecule has 0 bridgehead atoms. The van der Waals surface area contributed by atoms with Gasteiger partial charge in [0.1, 0.15) is 0 Å². The molecule has 114 valence electrons. The van der Waals surface area contributed by atoms with Crippen LogP contribution in [0.25, 0.3) is 0 Å². The summed E-state index contributed by atoms with van der Waals surface area (Å²) in [7, 11) is 0. The normalized spacial score (nSPS) is 23.8. The van der Waals surface area contributed by atoms with E-state index in [1.807, 2.05) is 0 Å². The third-order valence-corrected chi connectivity index (χ3v) is 4.71. The van der Waals surface area contributed by atoms with Crippen LogP contribution in [0.2, 0.25) is 0 Å². The maximum Gasteiger partial charge on any atom is 0.0192 e. The maximum absolute atomic E-state index is 3.63. The van der Waals surface area contributed by atoms with Gasteiger partial charge in [0.15, 0.2) is 0 Å². The molecule has 2 nitrogen and oxygen atoms in total. The van der Waals surface area contributed by atoms with Crippen LogP contribution in [0.1, 0.15) is 60.3 Å². The van der Waals surface area contributed by atoms with Gasteiger partial charge in [-0.15, -0.1) is 0 Å². The summed E-state index contributed by atoms with van der Waals surface area (Å²) in [5.41, 5.74) is 0. The van der Waals surface area contributed by atoms with Crippen LogP contribution >= 0.6 is 0 Å². The molecule has 1 fully saturated rings. The molecule has 1 aliphatic heterocycles. The second-order valence-electron chi connectivity index (χ2n) is 7.21. The average Bonchev–Trinajstić information content (AvgIpc) is 2.59. The van der Waals surface area contributed by atoms with E-state index in [1.54, 1.807) is 0 Å². The number of rotatable bonds is 7. The highest BCUT2D eigenvalue weighted by atomic mass is 15.2. The molecule has 0 aliphatic carbocycles. The zero-order valence-corrected chi connectivity index (χ0v) is 13.9. The van der Waals surface area contributed by atoms with Crippen LogP contribution in [0.5, 0.6) is 0 Å². The van der Waals surface area contributed by atoms with E-state index in [-0.39, 0.29) is 0 Å². The molecule has 0 aromatic rings. The lowest BCUT2D eigenvalue weighted by Gasteiger charge is -2.28. The lowest BCUT2D eigenvalue weighted by Crippen LogP contribution is -2.41. The van der Waals surface area contributed by atoms with Gasteiger partial charge in [-0.25, -0.2) is 0 Å². The molecular formula is C17H36N2. The molecule has 1 rings (SSSR count). The van der Waals surface area contributed by atoms with Crippen molar-refractivity contribution in [1.29, 1.82) is 0 Å². The van der Waals surface area contributed by atoms with Gasteiger partial charge in [-0.05, 0) is 70.0 Å². The van der Waals surface area contributed by atoms with Gasteiger partial charge in [0.05, 0.1) is 0 Å². The Kier molecular flexibility index (Phi) is 8.01. The smallest absolute Gasteiger partial charge is 0.0192 e. The summed E-state index contributed by atoms with van der Waals surface area (Å²) in [6.07, 6.45) is 5.51. The summed E-state index contributed by atoms with van der Waals surface area (Å²) >= 11 is 0. The van der Waals surface area contributed by atoms with Crippen LogP contribution in [-0.4, -0.2) is 37.1 Å². The van der Waals surface area contributed by atoms with Crippen molar-refractivity contribution in [3.8, 4) is 0 Å². The molecule has 1 N–H and O–H groups in total. The van der Waals surface area contributed by atoms with E-state index >= 15 is 0 Å². The van der Waals surface area contributed by atoms with Crippen molar-refractivity contribution >= 4 is 0 Å². The molecule has 1 aliphatic rings. The minimum Gasteiger partial charge on any atom is -0.315 e. The van der Waals surface area contributed by atoms with Crippen molar-refractivity contribution < 1.29 is 0 Å². The van der Waals surface area contributed by atoms with E-state index in [0.717, 1.165) is 24.3 Å². The monoisotopic (exact) mass is 268 g/mol. The molecule has 0 aromatic heterocycles. The number of hydrogen-bond donors (Lipinski definition) is 1. The van der Waals surface area contributed by atoms with Gasteiger partial charge in [-0.1, -0.05) is 27.7 Å². The standard InChI is InChI=1S/C17H36N2/c1-14(2)8-10-18-13-16(5)19-11-6-7-17(9-12-19)15(3)4/h14-18H,6-13H2,1-5H3. The minimum atomic E-state index is 0.693. The summed E-state index contributed by atoms with van der Waals surface area (Å²) in [6.45, 7) is 16.7.